The summed E-state index contributed by atoms with van der Waals surface area (Å²) in [5.41, 5.74) is 1.15. The minimum Gasteiger partial charge on any atom is -0.489 e. The number of ether oxygens (including phenoxy) is 1. The number of halogens is 2. The van der Waals surface area contributed by atoms with E-state index in [-0.39, 0.29) is 6.10 Å². The monoisotopic (exact) mass is 400 g/mol. The van der Waals surface area contributed by atoms with E-state index >= 15 is 0 Å². The van der Waals surface area contributed by atoms with Gasteiger partial charge in [-0.05, 0) is 60.9 Å². The lowest BCUT2D eigenvalue weighted by Gasteiger charge is -2.30. The smallest absolute Gasteiger partial charge is 0.138 e. The van der Waals surface area contributed by atoms with Crippen molar-refractivity contribution in [2.75, 3.05) is 0 Å². The van der Waals surface area contributed by atoms with Crippen LogP contribution in [0.4, 0.5) is 0 Å². The van der Waals surface area contributed by atoms with Crippen LogP contribution in [0.5, 0.6) is 5.75 Å². The molecule has 0 unspecified atom stereocenters. The largest absolute Gasteiger partial charge is 0.489 e. The molecule has 1 N–H and O–H groups in total. The van der Waals surface area contributed by atoms with Gasteiger partial charge in [0.2, 0.25) is 0 Å². The second-order valence-electron chi connectivity index (χ2n) is 7.07. The van der Waals surface area contributed by atoms with Crippen LogP contribution in [0.25, 0.3) is 10.8 Å². The zero-order chi connectivity index (χ0) is 18.6. The molecule has 1 heterocycles. The third-order valence-corrected chi connectivity index (χ3v) is 5.86. The standard InChI is InChI=1S/C22H22Cl2N2O/c23-20-4-2-1-3-16(20)14-26-18-5-7-19(8-6-18)27-22-12-15-9-10-25-13-17(15)11-21(22)24/h1-4,9-13,18-19,26H,5-8,14H2. The fourth-order valence-corrected chi connectivity index (χ4v) is 4.06. The summed E-state index contributed by atoms with van der Waals surface area (Å²) in [7, 11) is 0. The predicted molar refractivity (Wildman–Crippen MR) is 112 cm³/mol. The highest BCUT2D eigenvalue weighted by Crippen LogP contribution is 2.33. The second kappa shape index (κ2) is 8.47. The van der Waals surface area contributed by atoms with Crippen LogP contribution in [-0.2, 0) is 6.54 Å². The number of hydrogen-bond acceptors (Lipinski definition) is 3. The van der Waals surface area contributed by atoms with Gasteiger partial charge in [-0.25, -0.2) is 0 Å². The molecule has 0 amide bonds. The highest BCUT2D eigenvalue weighted by atomic mass is 35.5. The van der Waals surface area contributed by atoms with Gasteiger partial charge in [0, 0.05) is 35.4 Å². The van der Waals surface area contributed by atoms with Gasteiger partial charge in [0.15, 0.2) is 0 Å². The molecule has 3 nitrogen and oxygen atoms in total. The van der Waals surface area contributed by atoms with Crippen LogP contribution in [0.3, 0.4) is 0 Å². The lowest BCUT2D eigenvalue weighted by Crippen LogP contribution is -2.36. The Hall–Kier alpha value is -1.81. The Kier molecular flexibility index (Phi) is 5.82. The van der Waals surface area contributed by atoms with Crippen LogP contribution in [-0.4, -0.2) is 17.1 Å². The van der Waals surface area contributed by atoms with E-state index in [0.717, 1.165) is 59.3 Å². The summed E-state index contributed by atoms with van der Waals surface area (Å²) in [6.45, 7) is 0.806. The minimum absolute atomic E-state index is 0.208. The summed E-state index contributed by atoms with van der Waals surface area (Å²) in [5.74, 6) is 0.767. The maximum atomic E-state index is 6.41. The molecule has 0 saturated heterocycles. The third-order valence-electron chi connectivity index (χ3n) is 5.20. The van der Waals surface area contributed by atoms with Crippen molar-refractivity contribution >= 4 is 34.0 Å². The Balaban J connectivity index is 1.32. The molecule has 0 aliphatic heterocycles. The van der Waals surface area contributed by atoms with Gasteiger partial charge >= 0.3 is 0 Å². The fraction of sp³-hybridized carbons (Fsp3) is 0.318. The van der Waals surface area contributed by atoms with Crippen molar-refractivity contribution in [3.05, 3.63) is 70.5 Å². The molecule has 5 heteroatoms. The Morgan fingerprint density at radius 3 is 2.59 bits per heavy atom. The first-order chi connectivity index (χ1) is 13.2. The SMILES string of the molecule is Clc1ccccc1CNC1CCC(Oc2cc3ccncc3cc2Cl)CC1. The van der Waals surface area contributed by atoms with Crippen LogP contribution in [0.1, 0.15) is 31.2 Å². The van der Waals surface area contributed by atoms with E-state index in [0.29, 0.717) is 11.1 Å². The van der Waals surface area contributed by atoms with Crippen molar-refractivity contribution < 1.29 is 4.74 Å². The Bertz CT molecular complexity index is 923. The molecule has 1 aromatic heterocycles. The van der Waals surface area contributed by atoms with E-state index in [9.17, 15) is 0 Å². The van der Waals surface area contributed by atoms with Crippen molar-refractivity contribution in [3.63, 3.8) is 0 Å². The molecule has 2 aromatic carbocycles. The number of nitrogens with one attached hydrogen (secondary N) is 1. The number of fused-ring (bicyclic) bond motifs is 1. The van der Waals surface area contributed by atoms with Crippen LogP contribution in [0, 0.1) is 0 Å². The van der Waals surface area contributed by atoms with Gasteiger partial charge in [-0.3, -0.25) is 4.98 Å². The number of nitrogens with zero attached hydrogens (tertiary/aromatic N) is 1. The molecule has 27 heavy (non-hydrogen) atoms. The van der Waals surface area contributed by atoms with Crippen molar-refractivity contribution in [2.24, 2.45) is 0 Å². The van der Waals surface area contributed by atoms with Crippen molar-refractivity contribution in [3.8, 4) is 5.75 Å². The van der Waals surface area contributed by atoms with E-state index in [4.69, 9.17) is 27.9 Å². The highest BCUT2D eigenvalue weighted by Gasteiger charge is 2.23. The van der Waals surface area contributed by atoms with E-state index in [1.165, 1.54) is 0 Å². The second-order valence-corrected chi connectivity index (χ2v) is 7.88. The zero-order valence-corrected chi connectivity index (χ0v) is 16.5. The van der Waals surface area contributed by atoms with Gasteiger partial charge < -0.3 is 10.1 Å². The zero-order valence-electron chi connectivity index (χ0n) is 15.0. The first-order valence-electron chi connectivity index (χ1n) is 9.36. The summed E-state index contributed by atoms with van der Waals surface area (Å²) in [5, 5.41) is 7.22. The van der Waals surface area contributed by atoms with Crippen LogP contribution in [0.2, 0.25) is 10.0 Å². The molecule has 0 bridgehead atoms. The predicted octanol–water partition coefficient (Wildman–Crippen LogP) is 6.02. The summed E-state index contributed by atoms with van der Waals surface area (Å²) in [6, 6.07) is 14.4. The Morgan fingerprint density at radius 2 is 1.78 bits per heavy atom. The first kappa shape index (κ1) is 18.5. The Morgan fingerprint density at radius 1 is 0.963 bits per heavy atom. The van der Waals surface area contributed by atoms with Gasteiger partial charge in [-0.15, -0.1) is 0 Å². The summed E-state index contributed by atoms with van der Waals surface area (Å²) in [4.78, 5) is 4.14. The molecular formula is C22H22Cl2N2O. The van der Waals surface area contributed by atoms with Crippen molar-refractivity contribution in [2.45, 2.75) is 44.4 Å². The Labute approximate surface area is 169 Å². The topological polar surface area (TPSA) is 34.1 Å². The summed E-state index contributed by atoms with van der Waals surface area (Å²) in [6.07, 6.45) is 8.03. The number of pyridine rings is 1. The van der Waals surface area contributed by atoms with Crippen LogP contribution in [0.15, 0.2) is 54.9 Å². The van der Waals surface area contributed by atoms with Gasteiger partial charge in [0.1, 0.15) is 5.75 Å². The van der Waals surface area contributed by atoms with Crippen LogP contribution < -0.4 is 10.1 Å². The number of benzene rings is 2. The molecule has 4 rings (SSSR count). The minimum atomic E-state index is 0.208. The lowest BCUT2D eigenvalue weighted by molar-refractivity contribution is 0.139. The van der Waals surface area contributed by atoms with Crippen LogP contribution >= 0.6 is 23.2 Å². The van der Waals surface area contributed by atoms with E-state index in [1.807, 2.05) is 42.6 Å². The van der Waals surface area contributed by atoms with E-state index in [2.05, 4.69) is 16.4 Å². The first-order valence-corrected chi connectivity index (χ1v) is 10.1. The van der Waals surface area contributed by atoms with E-state index in [1.54, 1.807) is 6.20 Å². The molecule has 0 spiro atoms. The molecule has 3 aromatic rings. The van der Waals surface area contributed by atoms with Gasteiger partial charge in [0.25, 0.3) is 0 Å². The molecule has 1 saturated carbocycles. The van der Waals surface area contributed by atoms with E-state index < -0.39 is 0 Å². The molecule has 1 fully saturated rings. The van der Waals surface area contributed by atoms with Crippen molar-refractivity contribution in [1.82, 2.24) is 10.3 Å². The van der Waals surface area contributed by atoms with Gasteiger partial charge in [-0.1, -0.05) is 41.4 Å². The fourth-order valence-electron chi connectivity index (χ4n) is 3.64. The number of aromatic nitrogens is 1. The quantitative estimate of drug-likeness (QED) is 0.568. The molecule has 0 atom stereocenters. The number of hydrogen-bond donors (Lipinski definition) is 1. The molecule has 1 aliphatic rings. The molecule has 0 radical (unpaired) electrons. The maximum absolute atomic E-state index is 6.41. The average molecular weight is 401 g/mol. The summed E-state index contributed by atoms with van der Waals surface area (Å²) < 4.78 is 6.22. The van der Waals surface area contributed by atoms with Gasteiger partial charge in [0.05, 0.1) is 11.1 Å². The van der Waals surface area contributed by atoms with Gasteiger partial charge in [-0.2, -0.15) is 0 Å². The highest BCUT2D eigenvalue weighted by molar-refractivity contribution is 6.33. The lowest BCUT2D eigenvalue weighted by atomic mass is 9.92. The maximum Gasteiger partial charge on any atom is 0.138 e. The normalized spacial score (nSPS) is 19.9. The number of rotatable bonds is 5. The summed E-state index contributed by atoms with van der Waals surface area (Å²) >= 11 is 12.6. The molecular weight excluding hydrogens is 379 g/mol. The molecule has 140 valence electrons. The average Bonchev–Trinajstić information content (AvgIpc) is 2.69. The van der Waals surface area contributed by atoms with Crippen molar-refractivity contribution in [1.29, 1.82) is 0 Å². The third kappa shape index (κ3) is 4.55. The molecule has 1 aliphatic carbocycles.